The lowest BCUT2D eigenvalue weighted by Crippen LogP contribution is -2.46. The van der Waals surface area contributed by atoms with Crippen molar-refractivity contribution in [3.05, 3.63) is 66.1 Å². The summed E-state index contributed by atoms with van der Waals surface area (Å²) in [4.78, 5) is 25.7. The van der Waals surface area contributed by atoms with Crippen molar-refractivity contribution in [3.8, 4) is 11.3 Å². The highest BCUT2D eigenvalue weighted by Gasteiger charge is 2.16. The molecular formula is C24H28FN5O2. The number of nitrogens with zero attached hydrogens (tertiary/aromatic N) is 4. The van der Waals surface area contributed by atoms with E-state index in [-0.39, 0.29) is 18.1 Å². The van der Waals surface area contributed by atoms with Crippen LogP contribution in [0.3, 0.4) is 0 Å². The molecule has 8 heteroatoms. The van der Waals surface area contributed by atoms with Gasteiger partial charge < -0.3 is 19.5 Å². The number of pyridine rings is 1. The number of nitrogens with one attached hydrogen (secondary N) is 1. The molecule has 168 valence electrons. The van der Waals surface area contributed by atoms with Gasteiger partial charge in [0.05, 0.1) is 6.20 Å². The van der Waals surface area contributed by atoms with Crippen LogP contribution in [0.5, 0.6) is 0 Å². The zero-order chi connectivity index (χ0) is 22.3. The van der Waals surface area contributed by atoms with Crippen molar-refractivity contribution in [2.45, 2.75) is 26.3 Å². The van der Waals surface area contributed by atoms with Crippen LogP contribution in [0.2, 0.25) is 0 Å². The minimum absolute atomic E-state index is 0.0775. The van der Waals surface area contributed by atoms with Gasteiger partial charge in [-0.2, -0.15) is 0 Å². The Morgan fingerprint density at radius 2 is 1.84 bits per heavy atom. The predicted octanol–water partition coefficient (Wildman–Crippen LogP) is 3.27. The van der Waals surface area contributed by atoms with Crippen molar-refractivity contribution in [3.63, 3.8) is 0 Å². The zero-order valence-electron chi connectivity index (χ0n) is 18.3. The first kappa shape index (κ1) is 22.0. The number of carbonyl (C=O) groups is 1. The first-order valence-corrected chi connectivity index (χ1v) is 11.0. The molecule has 1 amide bonds. The summed E-state index contributed by atoms with van der Waals surface area (Å²) >= 11 is 0. The maximum atomic E-state index is 13.0. The molecule has 1 fully saturated rings. The van der Waals surface area contributed by atoms with Gasteiger partial charge in [-0.25, -0.2) is 14.4 Å². The summed E-state index contributed by atoms with van der Waals surface area (Å²) in [6.07, 6.45) is 4.09. The second kappa shape index (κ2) is 10.4. The van der Waals surface area contributed by atoms with Gasteiger partial charge >= 0.3 is 0 Å². The topological polar surface area (TPSA) is 74.5 Å². The van der Waals surface area contributed by atoms with Crippen LogP contribution < -0.4 is 10.2 Å². The number of anilines is 1. The molecule has 2 aromatic heterocycles. The highest BCUT2D eigenvalue weighted by atomic mass is 19.1. The molecule has 0 aliphatic carbocycles. The van der Waals surface area contributed by atoms with E-state index in [2.05, 4.69) is 32.0 Å². The number of hydrogen-bond donors (Lipinski definition) is 1. The van der Waals surface area contributed by atoms with Crippen molar-refractivity contribution in [1.82, 2.24) is 20.2 Å². The van der Waals surface area contributed by atoms with E-state index < -0.39 is 0 Å². The summed E-state index contributed by atoms with van der Waals surface area (Å²) in [6.45, 7) is 7.81. The summed E-state index contributed by atoms with van der Waals surface area (Å²) in [5.74, 6) is 1.64. The van der Waals surface area contributed by atoms with Gasteiger partial charge in [-0.15, -0.1) is 0 Å². The van der Waals surface area contributed by atoms with E-state index >= 15 is 0 Å². The first-order valence-electron chi connectivity index (χ1n) is 11.0. The third kappa shape index (κ3) is 5.70. The Kier molecular flexibility index (Phi) is 7.11. The van der Waals surface area contributed by atoms with Crippen molar-refractivity contribution >= 4 is 11.7 Å². The lowest BCUT2D eigenvalue weighted by Gasteiger charge is -2.34. The Hall–Kier alpha value is -3.26. The van der Waals surface area contributed by atoms with Gasteiger partial charge in [-0.3, -0.25) is 4.79 Å². The molecule has 0 spiro atoms. The highest BCUT2D eigenvalue weighted by molar-refractivity contribution is 5.76. The second-order valence-corrected chi connectivity index (χ2v) is 7.85. The van der Waals surface area contributed by atoms with Crippen LogP contribution in [0, 0.1) is 5.82 Å². The van der Waals surface area contributed by atoms with Gasteiger partial charge in [0.1, 0.15) is 11.6 Å². The Bertz CT molecular complexity index is 1010. The number of rotatable bonds is 8. The highest BCUT2D eigenvalue weighted by Crippen LogP contribution is 2.21. The molecule has 0 atom stereocenters. The molecule has 0 unspecified atom stereocenters. The zero-order valence-corrected chi connectivity index (χ0v) is 18.3. The molecule has 0 bridgehead atoms. The largest absolute Gasteiger partial charge is 0.441 e. The Labute approximate surface area is 187 Å². The molecule has 1 aromatic carbocycles. The third-order valence-electron chi connectivity index (χ3n) is 5.69. The van der Waals surface area contributed by atoms with E-state index in [0.29, 0.717) is 24.6 Å². The summed E-state index contributed by atoms with van der Waals surface area (Å²) < 4.78 is 18.7. The van der Waals surface area contributed by atoms with Crippen molar-refractivity contribution in [2.24, 2.45) is 0 Å². The fourth-order valence-corrected chi connectivity index (χ4v) is 3.68. The number of aryl methyl sites for hydroxylation is 1. The predicted molar refractivity (Wildman–Crippen MR) is 121 cm³/mol. The van der Waals surface area contributed by atoms with Gasteiger partial charge in [0, 0.05) is 57.3 Å². The van der Waals surface area contributed by atoms with Crippen LogP contribution in [0.1, 0.15) is 24.8 Å². The van der Waals surface area contributed by atoms with Gasteiger partial charge in [-0.05, 0) is 42.4 Å². The lowest BCUT2D eigenvalue weighted by molar-refractivity contribution is -0.121. The summed E-state index contributed by atoms with van der Waals surface area (Å²) in [5, 5.41) is 2.92. The van der Waals surface area contributed by atoms with Gasteiger partial charge in [0.15, 0.2) is 11.7 Å². The van der Waals surface area contributed by atoms with Crippen LogP contribution in [-0.2, 0) is 17.8 Å². The van der Waals surface area contributed by atoms with E-state index in [0.717, 1.165) is 49.7 Å². The summed E-state index contributed by atoms with van der Waals surface area (Å²) in [5.41, 5.74) is 1.71. The van der Waals surface area contributed by atoms with E-state index in [9.17, 15) is 9.18 Å². The van der Waals surface area contributed by atoms with Crippen molar-refractivity contribution < 1.29 is 13.6 Å². The number of benzene rings is 1. The number of likely N-dealkylation sites (N-methyl/N-ethyl adjacent to an activating group) is 1. The lowest BCUT2D eigenvalue weighted by atomic mass is 10.2. The maximum Gasteiger partial charge on any atom is 0.220 e. The maximum absolute atomic E-state index is 13.0. The quantitative estimate of drug-likeness (QED) is 0.583. The Balaban J connectivity index is 1.21. The average molecular weight is 438 g/mol. The number of carbonyl (C=O) groups excluding carboxylic acids is 1. The van der Waals surface area contributed by atoms with Crippen LogP contribution in [0.15, 0.2) is 53.2 Å². The van der Waals surface area contributed by atoms with E-state index in [4.69, 9.17) is 4.42 Å². The molecule has 3 heterocycles. The molecular weight excluding hydrogens is 409 g/mol. The third-order valence-corrected chi connectivity index (χ3v) is 5.69. The Morgan fingerprint density at radius 1 is 1.06 bits per heavy atom. The molecule has 32 heavy (non-hydrogen) atoms. The monoisotopic (exact) mass is 437 g/mol. The fraction of sp³-hybridized carbons (Fsp3) is 0.375. The standard InChI is InChI=1S/C24H28FN5O2/c1-2-29-11-13-30(14-12-29)22-8-3-18(15-26-22)16-27-23(31)9-10-24-28-17-21(32-24)19-4-6-20(25)7-5-19/h3-8,15,17H,2,9-14,16H2,1H3,(H,27,31). The SMILES string of the molecule is CCN1CCN(c2ccc(CNC(=O)CCc3ncc(-c4ccc(F)cc4)o3)cn2)CC1. The molecule has 1 aliphatic rings. The summed E-state index contributed by atoms with van der Waals surface area (Å²) in [6, 6.07) is 10.1. The van der Waals surface area contributed by atoms with Gasteiger partial charge in [0.25, 0.3) is 0 Å². The normalized spacial score (nSPS) is 14.5. The van der Waals surface area contributed by atoms with Crippen LogP contribution in [-0.4, -0.2) is 53.5 Å². The number of aromatic nitrogens is 2. The molecule has 1 N–H and O–H groups in total. The number of halogens is 1. The van der Waals surface area contributed by atoms with Crippen molar-refractivity contribution in [2.75, 3.05) is 37.6 Å². The number of oxazole rings is 1. The second-order valence-electron chi connectivity index (χ2n) is 7.85. The van der Waals surface area contributed by atoms with E-state index in [1.807, 2.05) is 18.3 Å². The molecule has 7 nitrogen and oxygen atoms in total. The molecule has 3 aromatic rings. The average Bonchev–Trinajstić information content (AvgIpc) is 3.31. The number of hydrogen-bond acceptors (Lipinski definition) is 6. The summed E-state index contributed by atoms with van der Waals surface area (Å²) in [7, 11) is 0. The smallest absolute Gasteiger partial charge is 0.220 e. The van der Waals surface area contributed by atoms with Crippen molar-refractivity contribution in [1.29, 1.82) is 0 Å². The molecule has 1 saturated heterocycles. The van der Waals surface area contributed by atoms with Gasteiger partial charge in [0.2, 0.25) is 5.91 Å². The molecule has 0 saturated carbocycles. The molecule has 4 rings (SSSR count). The Morgan fingerprint density at radius 3 is 2.53 bits per heavy atom. The van der Waals surface area contributed by atoms with Crippen LogP contribution in [0.4, 0.5) is 10.2 Å². The number of piperazine rings is 1. The minimum atomic E-state index is -0.301. The first-order chi connectivity index (χ1) is 15.6. The minimum Gasteiger partial charge on any atom is -0.441 e. The van der Waals surface area contributed by atoms with Crippen LogP contribution in [0.25, 0.3) is 11.3 Å². The molecule has 0 radical (unpaired) electrons. The molecule has 1 aliphatic heterocycles. The van der Waals surface area contributed by atoms with Crippen LogP contribution >= 0.6 is 0 Å². The van der Waals surface area contributed by atoms with E-state index in [1.165, 1.54) is 12.1 Å². The van der Waals surface area contributed by atoms with E-state index in [1.54, 1.807) is 18.3 Å². The van der Waals surface area contributed by atoms with Gasteiger partial charge in [-0.1, -0.05) is 13.0 Å². The fourth-order valence-electron chi connectivity index (χ4n) is 3.68. The number of amides is 1.